The summed E-state index contributed by atoms with van der Waals surface area (Å²) in [6.07, 6.45) is 0.407. The zero-order valence-electron chi connectivity index (χ0n) is 9.21. The lowest BCUT2D eigenvalue weighted by Gasteiger charge is -2.24. The highest BCUT2D eigenvalue weighted by atomic mass is 79.9. The lowest BCUT2D eigenvalue weighted by atomic mass is 10.1. The summed E-state index contributed by atoms with van der Waals surface area (Å²) in [5.41, 5.74) is 1.52. The standard InChI is InChI=1S/C12H14BrFN2/c1-2-16(8-4-7-15)12-10(9-13)5-3-6-11(12)14/h3,5-6H,2,4,8-9H2,1H3. The first kappa shape index (κ1) is 13.0. The number of halogens is 2. The average molecular weight is 285 g/mol. The van der Waals surface area contributed by atoms with Crippen LogP contribution in [0, 0.1) is 17.1 Å². The summed E-state index contributed by atoms with van der Waals surface area (Å²) in [6.45, 7) is 3.22. The van der Waals surface area contributed by atoms with Crippen molar-refractivity contribution in [1.82, 2.24) is 0 Å². The van der Waals surface area contributed by atoms with Gasteiger partial charge in [0, 0.05) is 18.4 Å². The molecule has 0 atom stereocenters. The van der Waals surface area contributed by atoms with Gasteiger partial charge in [-0.15, -0.1) is 0 Å². The van der Waals surface area contributed by atoms with Gasteiger partial charge in [0.1, 0.15) is 5.82 Å². The predicted octanol–water partition coefficient (Wildman–Crippen LogP) is 3.46. The molecule has 0 aliphatic rings. The highest BCUT2D eigenvalue weighted by Crippen LogP contribution is 2.26. The van der Waals surface area contributed by atoms with Crippen LogP contribution < -0.4 is 4.90 Å². The Bertz CT molecular complexity index is 387. The Morgan fingerprint density at radius 2 is 2.25 bits per heavy atom. The highest BCUT2D eigenvalue weighted by Gasteiger charge is 2.13. The van der Waals surface area contributed by atoms with Gasteiger partial charge in [0.15, 0.2) is 0 Å². The summed E-state index contributed by atoms with van der Waals surface area (Å²) in [5, 5.41) is 9.19. The van der Waals surface area contributed by atoms with Gasteiger partial charge in [0.05, 0.1) is 18.2 Å². The van der Waals surface area contributed by atoms with E-state index in [1.807, 2.05) is 17.9 Å². The summed E-state index contributed by atoms with van der Waals surface area (Å²) >= 11 is 3.35. The molecular weight excluding hydrogens is 271 g/mol. The molecule has 16 heavy (non-hydrogen) atoms. The molecule has 0 bridgehead atoms. The number of alkyl halides is 1. The number of anilines is 1. The average Bonchev–Trinajstić information content (AvgIpc) is 2.31. The van der Waals surface area contributed by atoms with E-state index >= 15 is 0 Å². The van der Waals surface area contributed by atoms with Gasteiger partial charge >= 0.3 is 0 Å². The van der Waals surface area contributed by atoms with E-state index in [1.165, 1.54) is 6.07 Å². The van der Waals surface area contributed by atoms with Crippen LogP contribution in [0.1, 0.15) is 18.9 Å². The summed E-state index contributed by atoms with van der Waals surface area (Å²) in [6, 6.07) is 7.13. The Kier molecular flexibility index (Phi) is 5.27. The van der Waals surface area contributed by atoms with Gasteiger partial charge in [-0.1, -0.05) is 28.1 Å². The number of nitrogens with zero attached hydrogens (tertiary/aromatic N) is 2. The molecule has 86 valence electrons. The first-order valence-corrected chi connectivity index (χ1v) is 6.32. The Morgan fingerprint density at radius 3 is 2.81 bits per heavy atom. The molecule has 0 spiro atoms. The van der Waals surface area contributed by atoms with E-state index in [1.54, 1.807) is 6.07 Å². The summed E-state index contributed by atoms with van der Waals surface area (Å²) in [7, 11) is 0. The van der Waals surface area contributed by atoms with E-state index in [2.05, 4.69) is 22.0 Å². The van der Waals surface area contributed by atoms with Crippen molar-refractivity contribution >= 4 is 21.6 Å². The van der Waals surface area contributed by atoms with Crippen LogP contribution in [0.5, 0.6) is 0 Å². The Labute approximate surface area is 104 Å². The van der Waals surface area contributed by atoms with Gasteiger partial charge in [-0.25, -0.2) is 4.39 Å². The van der Waals surface area contributed by atoms with Crippen LogP contribution in [0.25, 0.3) is 0 Å². The van der Waals surface area contributed by atoms with Gasteiger partial charge < -0.3 is 4.90 Å². The van der Waals surface area contributed by atoms with E-state index in [9.17, 15) is 4.39 Å². The third-order valence-electron chi connectivity index (χ3n) is 2.41. The zero-order valence-corrected chi connectivity index (χ0v) is 10.8. The molecule has 0 heterocycles. The van der Waals surface area contributed by atoms with Crippen molar-refractivity contribution in [2.24, 2.45) is 0 Å². The number of benzene rings is 1. The molecule has 2 nitrogen and oxygen atoms in total. The smallest absolute Gasteiger partial charge is 0.146 e. The lowest BCUT2D eigenvalue weighted by molar-refractivity contribution is 0.617. The summed E-state index contributed by atoms with van der Waals surface area (Å²) in [4.78, 5) is 1.90. The largest absolute Gasteiger partial charge is 0.368 e. The Balaban J connectivity index is 3.03. The van der Waals surface area contributed by atoms with Crippen molar-refractivity contribution in [2.75, 3.05) is 18.0 Å². The molecule has 0 aliphatic carbocycles. The van der Waals surface area contributed by atoms with Gasteiger partial charge in [-0.3, -0.25) is 0 Å². The first-order chi connectivity index (χ1) is 7.74. The van der Waals surface area contributed by atoms with Crippen LogP contribution in [0.2, 0.25) is 0 Å². The maximum absolute atomic E-state index is 13.8. The molecule has 0 radical (unpaired) electrons. The van der Waals surface area contributed by atoms with E-state index in [0.29, 0.717) is 30.5 Å². The normalized spacial score (nSPS) is 9.88. The third-order valence-corrected chi connectivity index (χ3v) is 3.01. The molecule has 0 aliphatic heterocycles. The molecule has 0 amide bonds. The second kappa shape index (κ2) is 6.49. The Morgan fingerprint density at radius 1 is 1.50 bits per heavy atom. The van der Waals surface area contributed by atoms with Crippen LogP contribution in [0.4, 0.5) is 10.1 Å². The number of hydrogen-bond donors (Lipinski definition) is 0. The van der Waals surface area contributed by atoms with Gasteiger partial charge in [-0.2, -0.15) is 5.26 Å². The minimum Gasteiger partial charge on any atom is -0.368 e. The highest BCUT2D eigenvalue weighted by molar-refractivity contribution is 9.08. The maximum Gasteiger partial charge on any atom is 0.146 e. The number of nitriles is 1. The molecule has 4 heteroatoms. The van der Waals surface area contributed by atoms with Crippen LogP contribution in [-0.4, -0.2) is 13.1 Å². The molecular formula is C12H14BrFN2. The number of rotatable bonds is 5. The molecule has 1 aromatic rings. The molecule has 0 fully saturated rings. The van der Waals surface area contributed by atoms with E-state index in [0.717, 1.165) is 5.56 Å². The molecule has 0 N–H and O–H groups in total. The molecule has 1 aromatic carbocycles. The van der Waals surface area contributed by atoms with Crippen LogP contribution in [0.15, 0.2) is 18.2 Å². The molecule has 0 aromatic heterocycles. The second-order valence-electron chi connectivity index (χ2n) is 3.37. The van der Waals surface area contributed by atoms with Crippen molar-refractivity contribution < 1.29 is 4.39 Å². The van der Waals surface area contributed by atoms with E-state index < -0.39 is 0 Å². The minimum atomic E-state index is -0.225. The first-order valence-electron chi connectivity index (χ1n) is 5.19. The fourth-order valence-corrected chi connectivity index (χ4v) is 2.09. The predicted molar refractivity (Wildman–Crippen MR) is 67.1 cm³/mol. The van der Waals surface area contributed by atoms with Crippen LogP contribution in [-0.2, 0) is 5.33 Å². The van der Waals surface area contributed by atoms with Crippen molar-refractivity contribution in [3.05, 3.63) is 29.6 Å². The second-order valence-corrected chi connectivity index (χ2v) is 3.93. The monoisotopic (exact) mass is 284 g/mol. The Hall–Kier alpha value is -1.08. The van der Waals surface area contributed by atoms with Crippen molar-refractivity contribution in [2.45, 2.75) is 18.7 Å². The van der Waals surface area contributed by atoms with Crippen molar-refractivity contribution in [1.29, 1.82) is 5.26 Å². The molecule has 1 rings (SSSR count). The third kappa shape index (κ3) is 2.96. The van der Waals surface area contributed by atoms with E-state index in [-0.39, 0.29) is 5.82 Å². The lowest BCUT2D eigenvalue weighted by Crippen LogP contribution is -2.25. The molecule has 0 saturated heterocycles. The zero-order chi connectivity index (χ0) is 12.0. The van der Waals surface area contributed by atoms with E-state index in [4.69, 9.17) is 5.26 Å². The van der Waals surface area contributed by atoms with Crippen LogP contribution >= 0.6 is 15.9 Å². The number of para-hydroxylation sites is 1. The molecule has 0 saturated carbocycles. The minimum absolute atomic E-state index is 0.225. The van der Waals surface area contributed by atoms with Crippen molar-refractivity contribution in [3.63, 3.8) is 0 Å². The molecule has 0 unspecified atom stereocenters. The van der Waals surface area contributed by atoms with Gasteiger partial charge in [0.2, 0.25) is 0 Å². The van der Waals surface area contributed by atoms with Crippen LogP contribution in [0.3, 0.4) is 0 Å². The van der Waals surface area contributed by atoms with Gasteiger partial charge in [0.25, 0.3) is 0 Å². The van der Waals surface area contributed by atoms with Crippen molar-refractivity contribution in [3.8, 4) is 6.07 Å². The summed E-state index contributed by atoms with van der Waals surface area (Å²) in [5.74, 6) is -0.225. The maximum atomic E-state index is 13.8. The number of hydrogen-bond acceptors (Lipinski definition) is 2. The van der Waals surface area contributed by atoms with Gasteiger partial charge in [-0.05, 0) is 18.6 Å². The fourth-order valence-electron chi connectivity index (χ4n) is 1.63. The summed E-state index contributed by atoms with van der Waals surface area (Å²) < 4.78 is 13.8. The SMILES string of the molecule is CCN(CCC#N)c1c(F)cccc1CBr. The quantitative estimate of drug-likeness (QED) is 0.775. The topological polar surface area (TPSA) is 27.0 Å². The fraction of sp³-hybridized carbons (Fsp3) is 0.417.